The summed E-state index contributed by atoms with van der Waals surface area (Å²) in [5.41, 5.74) is 0.490. The molecule has 2 nitrogen and oxygen atoms in total. The molecule has 0 radical (unpaired) electrons. The summed E-state index contributed by atoms with van der Waals surface area (Å²) in [7, 11) is 0. The van der Waals surface area contributed by atoms with Gasteiger partial charge in [0.25, 0.3) is 5.92 Å². The van der Waals surface area contributed by atoms with Crippen molar-refractivity contribution in [2.24, 2.45) is 5.92 Å². The number of benzene rings is 1. The van der Waals surface area contributed by atoms with Crippen molar-refractivity contribution in [1.29, 1.82) is 0 Å². The second kappa shape index (κ2) is 4.82. The predicted octanol–water partition coefficient (Wildman–Crippen LogP) is 3.28. The van der Waals surface area contributed by atoms with Crippen LogP contribution in [0.1, 0.15) is 29.6 Å². The van der Waals surface area contributed by atoms with Crippen molar-refractivity contribution in [3.05, 3.63) is 35.9 Å². The first-order chi connectivity index (χ1) is 8.09. The van der Waals surface area contributed by atoms with Gasteiger partial charge in [0.1, 0.15) is 0 Å². The zero-order valence-corrected chi connectivity index (χ0v) is 9.36. The van der Waals surface area contributed by atoms with E-state index in [-0.39, 0.29) is 13.0 Å². The molecule has 1 saturated carbocycles. The van der Waals surface area contributed by atoms with Crippen molar-refractivity contribution >= 4 is 5.97 Å². The van der Waals surface area contributed by atoms with Crippen LogP contribution < -0.4 is 0 Å². The van der Waals surface area contributed by atoms with E-state index in [4.69, 9.17) is 4.74 Å². The number of rotatable bonds is 5. The molecule has 1 unspecified atom stereocenters. The fourth-order valence-electron chi connectivity index (χ4n) is 1.73. The average molecular weight is 240 g/mol. The van der Waals surface area contributed by atoms with E-state index in [1.807, 2.05) is 6.07 Å². The Bertz CT molecular complexity index is 390. The third-order valence-corrected chi connectivity index (χ3v) is 2.90. The Kier molecular flexibility index (Phi) is 3.41. The van der Waals surface area contributed by atoms with E-state index in [9.17, 15) is 13.6 Å². The van der Waals surface area contributed by atoms with Gasteiger partial charge in [0.05, 0.1) is 12.2 Å². The fourth-order valence-corrected chi connectivity index (χ4v) is 1.73. The van der Waals surface area contributed by atoms with Crippen LogP contribution in [0.3, 0.4) is 0 Å². The van der Waals surface area contributed by atoms with Crippen LogP contribution in [0, 0.1) is 5.92 Å². The van der Waals surface area contributed by atoms with Gasteiger partial charge in [-0.05, 0) is 25.0 Å². The van der Waals surface area contributed by atoms with Crippen molar-refractivity contribution in [1.82, 2.24) is 0 Å². The molecule has 4 heteroatoms. The van der Waals surface area contributed by atoms with E-state index in [1.54, 1.807) is 24.3 Å². The molecular weight excluding hydrogens is 226 g/mol. The van der Waals surface area contributed by atoms with Crippen LogP contribution in [0.2, 0.25) is 0 Å². The molecule has 0 aliphatic heterocycles. The Morgan fingerprint density at radius 3 is 2.59 bits per heavy atom. The number of alkyl halides is 2. The van der Waals surface area contributed by atoms with Gasteiger partial charge in [-0.3, -0.25) is 0 Å². The van der Waals surface area contributed by atoms with Crippen LogP contribution >= 0.6 is 0 Å². The van der Waals surface area contributed by atoms with Gasteiger partial charge in [-0.25, -0.2) is 13.6 Å². The quantitative estimate of drug-likeness (QED) is 0.583. The van der Waals surface area contributed by atoms with Crippen molar-refractivity contribution in [2.45, 2.75) is 25.2 Å². The minimum Gasteiger partial charge on any atom is -0.462 e. The van der Waals surface area contributed by atoms with Gasteiger partial charge >= 0.3 is 5.97 Å². The second-order valence-corrected chi connectivity index (χ2v) is 4.31. The Hall–Kier alpha value is -1.45. The molecule has 17 heavy (non-hydrogen) atoms. The van der Waals surface area contributed by atoms with Gasteiger partial charge in [-0.15, -0.1) is 0 Å². The largest absolute Gasteiger partial charge is 0.462 e. The minimum atomic E-state index is -2.47. The molecule has 2 rings (SSSR count). The molecule has 0 heterocycles. The van der Waals surface area contributed by atoms with Gasteiger partial charge in [0.2, 0.25) is 0 Å². The van der Waals surface area contributed by atoms with E-state index in [1.165, 1.54) is 0 Å². The van der Waals surface area contributed by atoms with Gasteiger partial charge in [0, 0.05) is 12.3 Å². The number of hydrogen-bond acceptors (Lipinski definition) is 2. The van der Waals surface area contributed by atoms with E-state index < -0.39 is 17.8 Å². The first-order valence-electron chi connectivity index (χ1n) is 5.69. The third kappa shape index (κ3) is 3.25. The average Bonchev–Trinajstić information content (AvgIpc) is 2.93. The lowest BCUT2D eigenvalue weighted by Crippen LogP contribution is -2.06. The summed E-state index contributed by atoms with van der Waals surface area (Å²) >= 11 is 0. The third-order valence-electron chi connectivity index (χ3n) is 2.90. The van der Waals surface area contributed by atoms with Gasteiger partial charge in [-0.1, -0.05) is 18.2 Å². The van der Waals surface area contributed by atoms with E-state index in [2.05, 4.69) is 0 Å². The van der Waals surface area contributed by atoms with Crippen molar-refractivity contribution in [2.75, 3.05) is 6.61 Å². The maximum absolute atomic E-state index is 12.5. The topological polar surface area (TPSA) is 26.3 Å². The maximum atomic E-state index is 12.5. The predicted molar refractivity (Wildman–Crippen MR) is 59.0 cm³/mol. The van der Waals surface area contributed by atoms with Gasteiger partial charge < -0.3 is 4.74 Å². The molecule has 0 bridgehead atoms. The highest BCUT2D eigenvalue weighted by atomic mass is 19.3. The number of ether oxygens (including phenoxy) is 1. The maximum Gasteiger partial charge on any atom is 0.338 e. The highest BCUT2D eigenvalue weighted by Gasteiger charge is 2.55. The summed E-state index contributed by atoms with van der Waals surface area (Å²) < 4.78 is 30.1. The molecule has 1 aromatic carbocycles. The van der Waals surface area contributed by atoms with E-state index >= 15 is 0 Å². The molecule has 0 N–H and O–H groups in total. The first-order valence-corrected chi connectivity index (χ1v) is 5.69. The molecule has 0 aromatic heterocycles. The van der Waals surface area contributed by atoms with Crippen LogP contribution in [-0.2, 0) is 4.74 Å². The standard InChI is InChI=1S/C13H14F2O2/c14-13(15)9-11(13)7-4-8-17-12(16)10-5-2-1-3-6-10/h1-3,5-6,11H,4,7-9H2. The molecule has 1 fully saturated rings. The molecular formula is C13H14F2O2. The zero-order chi connectivity index (χ0) is 12.3. The first kappa shape index (κ1) is 12.0. The molecule has 92 valence electrons. The number of carbonyl (C=O) groups is 1. The zero-order valence-electron chi connectivity index (χ0n) is 9.36. The van der Waals surface area contributed by atoms with Crippen LogP contribution in [0.5, 0.6) is 0 Å². The summed E-state index contributed by atoms with van der Waals surface area (Å²) in [4.78, 5) is 11.5. The normalized spacial score (nSPS) is 20.9. The van der Waals surface area contributed by atoms with Crippen molar-refractivity contribution < 1.29 is 18.3 Å². The summed E-state index contributed by atoms with van der Waals surface area (Å²) in [6.45, 7) is 0.209. The fraction of sp³-hybridized carbons (Fsp3) is 0.462. The lowest BCUT2D eigenvalue weighted by molar-refractivity contribution is 0.0488. The molecule has 1 aliphatic carbocycles. The number of hydrogen-bond donors (Lipinski definition) is 0. The van der Waals surface area contributed by atoms with Crippen molar-refractivity contribution in [3.8, 4) is 0 Å². The summed E-state index contributed by atoms with van der Waals surface area (Å²) in [6.07, 6.45) is 0.910. The Morgan fingerprint density at radius 2 is 2.00 bits per heavy atom. The highest BCUT2D eigenvalue weighted by molar-refractivity contribution is 5.89. The molecule has 1 atom stereocenters. The van der Waals surface area contributed by atoms with Gasteiger partial charge in [0.15, 0.2) is 0 Å². The highest BCUT2D eigenvalue weighted by Crippen LogP contribution is 2.51. The van der Waals surface area contributed by atoms with Crippen LogP contribution in [0.4, 0.5) is 8.78 Å². The summed E-state index contributed by atoms with van der Waals surface area (Å²) in [5, 5.41) is 0. The van der Waals surface area contributed by atoms with Crippen LogP contribution in [0.25, 0.3) is 0 Å². The Balaban J connectivity index is 1.64. The lowest BCUT2D eigenvalue weighted by Gasteiger charge is -2.04. The number of esters is 1. The van der Waals surface area contributed by atoms with Gasteiger partial charge in [-0.2, -0.15) is 0 Å². The second-order valence-electron chi connectivity index (χ2n) is 4.31. The minimum absolute atomic E-state index is 0.0143. The number of halogens is 2. The van der Waals surface area contributed by atoms with Crippen LogP contribution in [-0.4, -0.2) is 18.5 Å². The Labute approximate surface area is 98.6 Å². The lowest BCUT2D eigenvalue weighted by atomic mass is 10.2. The molecule has 0 amide bonds. The summed E-state index contributed by atoms with van der Waals surface area (Å²) in [5.74, 6) is -3.37. The van der Waals surface area contributed by atoms with Crippen molar-refractivity contribution in [3.63, 3.8) is 0 Å². The smallest absolute Gasteiger partial charge is 0.338 e. The number of carbonyl (C=O) groups excluding carboxylic acids is 1. The van der Waals surface area contributed by atoms with E-state index in [0.29, 0.717) is 18.4 Å². The summed E-state index contributed by atoms with van der Waals surface area (Å²) in [6, 6.07) is 8.64. The Morgan fingerprint density at radius 1 is 1.35 bits per heavy atom. The molecule has 0 saturated heterocycles. The monoisotopic (exact) mass is 240 g/mol. The SMILES string of the molecule is O=C(OCCCC1CC1(F)F)c1ccccc1. The van der Waals surface area contributed by atoms with E-state index in [0.717, 1.165) is 0 Å². The molecule has 1 aliphatic rings. The molecule has 1 aromatic rings. The molecule has 0 spiro atoms. The van der Waals surface area contributed by atoms with Crippen LogP contribution in [0.15, 0.2) is 30.3 Å².